The van der Waals surface area contributed by atoms with Gasteiger partial charge in [0.05, 0.1) is 18.7 Å². The normalized spacial score (nSPS) is 23.3. The van der Waals surface area contributed by atoms with Crippen LogP contribution in [0.15, 0.2) is 32.7 Å². The van der Waals surface area contributed by atoms with E-state index in [0.717, 1.165) is 21.3 Å². The topological polar surface area (TPSA) is 52.4 Å². The molecule has 27 heavy (non-hydrogen) atoms. The van der Waals surface area contributed by atoms with E-state index in [1.807, 2.05) is 19.9 Å². The first-order valence-electron chi connectivity index (χ1n) is 9.18. The monoisotopic (exact) mass is 434 g/mol. The van der Waals surface area contributed by atoms with Crippen molar-refractivity contribution in [2.45, 2.75) is 51.8 Å². The van der Waals surface area contributed by atoms with Crippen molar-refractivity contribution in [3.05, 3.63) is 33.8 Å². The average molecular weight is 435 g/mol. The zero-order valence-electron chi connectivity index (χ0n) is 16.7. The molecule has 2 aliphatic rings. The molecular weight excluding hydrogens is 408 g/mol. The SMILES string of the molecule is COC1=NC(C(C)C)C(OC)=NC1Cc1ccc(Br)c2c1C=CC(C)(C)O2. The molecule has 0 saturated heterocycles. The Morgan fingerprint density at radius 1 is 1.15 bits per heavy atom. The maximum Gasteiger partial charge on any atom is 0.209 e. The highest BCUT2D eigenvalue weighted by atomic mass is 79.9. The van der Waals surface area contributed by atoms with Crippen molar-refractivity contribution in [1.29, 1.82) is 0 Å². The summed E-state index contributed by atoms with van der Waals surface area (Å²) in [6.07, 6.45) is 4.87. The van der Waals surface area contributed by atoms with E-state index >= 15 is 0 Å². The number of hydrogen-bond acceptors (Lipinski definition) is 5. The van der Waals surface area contributed by atoms with Crippen LogP contribution in [0.5, 0.6) is 5.75 Å². The van der Waals surface area contributed by atoms with Crippen molar-refractivity contribution in [3.8, 4) is 5.75 Å². The Bertz CT molecular complexity index is 812. The summed E-state index contributed by atoms with van der Waals surface area (Å²) in [6.45, 7) is 8.30. The highest BCUT2D eigenvalue weighted by Gasteiger charge is 2.32. The fraction of sp³-hybridized carbons (Fsp3) is 0.524. The molecule has 0 amide bonds. The van der Waals surface area contributed by atoms with E-state index in [-0.39, 0.29) is 23.6 Å². The summed E-state index contributed by atoms with van der Waals surface area (Å²) in [6, 6.07) is 3.80. The summed E-state index contributed by atoms with van der Waals surface area (Å²) in [7, 11) is 3.30. The van der Waals surface area contributed by atoms with Crippen LogP contribution in [-0.2, 0) is 15.9 Å². The molecule has 0 aromatic heterocycles. The molecule has 0 saturated carbocycles. The van der Waals surface area contributed by atoms with Gasteiger partial charge in [-0.25, -0.2) is 9.98 Å². The summed E-state index contributed by atoms with van der Waals surface area (Å²) in [5.74, 6) is 2.46. The predicted octanol–water partition coefficient (Wildman–Crippen LogP) is 4.67. The number of hydrogen-bond donors (Lipinski definition) is 0. The van der Waals surface area contributed by atoms with Crippen LogP contribution in [-0.4, -0.2) is 43.7 Å². The first-order chi connectivity index (χ1) is 12.8. The minimum atomic E-state index is -0.329. The molecule has 0 bridgehead atoms. The molecule has 0 spiro atoms. The van der Waals surface area contributed by atoms with E-state index in [9.17, 15) is 0 Å². The first-order valence-corrected chi connectivity index (χ1v) is 9.98. The van der Waals surface area contributed by atoms with Crippen LogP contribution in [0.3, 0.4) is 0 Å². The Labute approximate surface area is 169 Å². The molecule has 1 aromatic rings. The number of methoxy groups -OCH3 is 2. The van der Waals surface area contributed by atoms with Gasteiger partial charge in [-0.1, -0.05) is 26.0 Å². The molecule has 3 rings (SSSR count). The van der Waals surface area contributed by atoms with Gasteiger partial charge in [-0.15, -0.1) is 0 Å². The van der Waals surface area contributed by atoms with Crippen molar-refractivity contribution < 1.29 is 14.2 Å². The van der Waals surface area contributed by atoms with Gasteiger partial charge in [0.15, 0.2) is 0 Å². The number of nitrogens with zero attached hydrogens (tertiary/aromatic N) is 2. The molecule has 2 heterocycles. The Balaban J connectivity index is 1.96. The molecule has 146 valence electrons. The number of ether oxygens (including phenoxy) is 3. The molecule has 0 N–H and O–H groups in total. The van der Waals surface area contributed by atoms with Gasteiger partial charge in [0.25, 0.3) is 0 Å². The minimum absolute atomic E-state index is 0.107. The summed E-state index contributed by atoms with van der Waals surface area (Å²) >= 11 is 3.61. The molecule has 2 atom stereocenters. The largest absolute Gasteiger partial charge is 0.483 e. The quantitative estimate of drug-likeness (QED) is 0.693. The lowest BCUT2D eigenvalue weighted by atomic mass is 9.94. The van der Waals surface area contributed by atoms with Crippen molar-refractivity contribution in [2.75, 3.05) is 14.2 Å². The van der Waals surface area contributed by atoms with E-state index in [2.05, 4.69) is 48.0 Å². The van der Waals surface area contributed by atoms with Crippen LogP contribution >= 0.6 is 15.9 Å². The van der Waals surface area contributed by atoms with Gasteiger partial charge in [-0.3, -0.25) is 0 Å². The van der Waals surface area contributed by atoms with E-state index < -0.39 is 0 Å². The number of benzene rings is 1. The average Bonchev–Trinajstić information content (AvgIpc) is 2.62. The molecule has 5 nitrogen and oxygen atoms in total. The summed E-state index contributed by atoms with van der Waals surface area (Å²) in [4.78, 5) is 9.57. The van der Waals surface area contributed by atoms with Crippen LogP contribution in [0.4, 0.5) is 0 Å². The van der Waals surface area contributed by atoms with Crippen LogP contribution in [0.25, 0.3) is 6.08 Å². The Hall–Kier alpha value is -1.82. The third-order valence-corrected chi connectivity index (χ3v) is 5.43. The van der Waals surface area contributed by atoms with Crippen molar-refractivity contribution in [2.24, 2.45) is 15.9 Å². The fourth-order valence-electron chi connectivity index (χ4n) is 3.36. The third-order valence-electron chi connectivity index (χ3n) is 4.81. The van der Waals surface area contributed by atoms with Crippen LogP contribution in [0, 0.1) is 5.92 Å². The number of rotatable bonds is 3. The van der Waals surface area contributed by atoms with Crippen molar-refractivity contribution in [1.82, 2.24) is 0 Å². The van der Waals surface area contributed by atoms with Gasteiger partial charge in [0, 0.05) is 12.0 Å². The van der Waals surface area contributed by atoms with Crippen molar-refractivity contribution >= 4 is 33.8 Å². The minimum Gasteiger partial charge on any atom is -0.483 e. The molecular formula is C21H27BrN2O3. The Kier molecular flexibility index (Phi) is 5.65. The molecule has 0 fully saturated rings. The summed E-state index contributed by atoms with van der Waals surface area (Å²) in [5.41, 5.74) is 1.88. The maximum absolute atomic E-state index is 6.17. The highest BCUT2D eigenvalue weighted by Crippen LogP contribution is 2.39. The second kappa shape index (κ2) is 7.66. The third kappa shape index (κ3) is 4.05. The van der Waals surface area contributed by atoms with Gasteiger partial charge < -0.3 is 14.2 Å². The van der Waals surface area contributed by atoms with Gasteiger partial charge >= 0.3 is 0 Å². The van der Waals surface area contributed by atoms with E-state index in [1.54, 1.807) is 14.2 Å². The zero-order valence-corrected chi connectivity index (χ0v) is 18.3. The lowest BCUT2D eigenvalue weighted by Crippen LogP contribution is -2.38. The number of aliphatic imine (C=N–C) groups is 2. The van der Waals surface area contributed by atoms with E-state index in [1.165, 1.54) is 0 Å². The molecule has 6 heteroatoms. The molecule has 2 unspecified atom stereocenters. The maximum atomic E-state index is 6.17. The second-order valence-electron chi connectivity index (χ2n) is 7.74. The van der Waals surface area contributed by atoms with E-state index in [0.29, 0.717) is 18.2 Å². The second-order valence-corrected chi connectivity index (χ2v) is 8.59. The van der Waals surface area contributed by atoms with Gasteiger partial charge in [0.2, 0.25) is 11.8 Å². The fourth-order valence-corrected chi connectivity index (χ4v) is 3.79. The van der Waals surface area contributed by atoms with Crippen LogP contribution < -0.4 is 4.74 Å². The van der Waals surface area contributed by atoms with Crippen molar-refractivity contribution in [3.63, 3.8) is 0 Å². The van der Waals surface area contributed by atoms with Gasteiger partial charge in [-0.2, -0.15) is 0 Å². The predicted molar refractivity (Wildman–Crippen MR) is 113 cm³/mol. The summed E-state index contributed by atoms with van der Waals surface area (Å²) < 4.78 is 18.2. The van der Waals surface area contributed by atoms with E-state index in [4.69, 9.17) is 24.2 Å². The zero-order chi connectivity index (χ0) is 19.8. The number of fused-ring (bicyclic) bond motifs is 1. The molecule has 0 radical (unpaired) electrons. The highest BCUT2D eigenvalue weighted by molar-refractivity contribution is 9.10. The number of halogens is 1. The molecule has 2 aliphatic heterocycles. The first kappa shape index (κ1) is 19.9. The smallest absolute Gasteiger partial charge is 0.209 e. The van der Waals surface area contributed by atoms with Gasteiger partial charge in [-0.05, 0) is 53.4 Å². The lowest BCUT2D eigenvalue weighted by molar-refractivity contribution is 0.157. The summed E-state index contributed by atoms with van der Waals surface area (Å²) in [5, 5.41) is 0. The van der Waals surface area contributed by atoms with Crippen LogP contribution in [0.1, 0.15) is 38.8 Å². The Morgan fingerprint density at radius 3 is 2.48 bits per heavy atom. The van der Waals surface area contributed by atoms with Gasteiger partial charge in [0.1, 0.15) is 23.4 Å². The lowest BCUT2D eigenvalue weighted by Gasteiger charge is -2.31. The molecule has 0 aliphatic carbocycles. The standard InChI is InChI=1S/C21H27BrN2O3/c1-12(2)17-20(26-6)23-16(19(24-17)25-5)11-13-7-8-15(22)18-14(13)9-10-21(3,4)27-18/h7-10,12,16-17H,11H2,1-6H3. The molecule has 1 aromatic carbocycles. The van der Waals surface area contributed by atoms with Crippen LogP contribution in [0.2, 0.25) is 0 Å². The Morgan fingerprint density at radius 2 is 1.85 bits per heavy atom.